The molecule has 14 nitrogen and oxygen atoms in total. The number of benzene rings is 2. The van der Waals surface area contributed by atoms with Crippen molar-refractivity contribution in [3.8, 4) is 0 Å². The first-order valence-corrected chi connectivity index (χ1v) is 17.9. The van der Waals surface area contributed by atoms with Gasteiger partial charge in [-0.15, -0.1) is 0 Å². The lowest BCUT2D eigenvalue weighted by atomic mass is 9.44. The van der Waals surface area contributed by atoms with E-state index < -0.39 is 107 Å². The quantitative estimate of drug-likeness (QED) is 0.148. The van der Waals surface area contributed by atoms with Crippen LogP contribution in [0.5, 0.6) is 0 Å². The molecule has 1 amide bonds. The first-order valence-electron chi connectivity index (χ1n) is 17.9. The zero-order chi connectivity index (χ0) is 39.5. The van der Waals surface area contributed by atoms with Gasteiger partial charge in [0.05, 0.1) is 35.6 Å². The maximum absolute atomic E-state index is 14.9. The molecule has 6 rings (SSSR count). The SMILES string of the molecule is CC(=O)N[C@@H](c1ccccc1)[C@@H](O)C(=O)O[C@H]1C[C@@]2(O)[C@@H](OC(=O)c3ccccc3)C3[C@]4(OC(C)=O)COC4C[C@H](O)[C@@]3(C)C(=O)[C@H](O)C(=C1C)C2(C)C. The molecule has 54 heavy (non-hydrogen) atoms. The van der Waals surface area contributed by atoms with E-state index in [1.54, 1.807) is 62.4 Å². The van der Waals surface area contributed by atoms with Gasteiger partial charge >= 0.3 is 17.9 Å². The van der Waals surface area contributed by atoms with E-state index in [0.29, 0.717) is 5.56 Å². The Kier molecular flexibility index (Phi) is 10.2. The number of carbonyl (C=O) groups excluding carboxylic acids is 5. The molecule has 0 radical (unpaired) electrons. The van der Waals surface area contributed by atoms with E-state index in [2.05, 4.69) is 5.32 Å². The van der Waals surface area contributed by atoms with E-state index in [9.17, 15) is 44.4 Å². The van der Waals surface area contributed by atoms with Crippen molar-refractivity contribution in [3.63, 3.8) is 0 Å². The van der Waals surface area contributed by atoms with Gasteiger partial charge in [-0.1, -0.05) is 62.4 Å². The third-order valence-electron chi connectivity index (χ3n) is 12.3. The number of fused-ring (bicyclic) bond motifs is 5. The summed E-state index contributed by atoms with van der Waals surface area (Å²) in [6, 6.07) is 14.9. The van der Waals surface area contributed by atoms with Crippen LogP contribution in [-0.4, -0.2) is 104 Å². The molecule has 0 spiro atoms. The molecule has 2 saturated carbocycles. The average molecular weight is 750 g/mol. The summed E-state index contributed by atoms with van der Waals surface area (Å²) in [7, 11) is 0. The van der Waals surface area contributed by atoms with Crippen molar-refractivity contribution in [2.24, 2.45) is 16.7 Å². The fraction of sp³-hybridized carbons (Fsp3) is 0.525. The highest BCUT2D eigenvalue weighted by Gasteiger charge is 2.78. The van der Waals surface area contributed by atoms with Crippen LogP contribution >= 0.6 is 0 Å². The number of ketones is 1. The van der Waals surface area contributed by atoms with Crippen molar-refractivity contribution in [1.29, 1.82) is 0 Å². The summed E-state index contributed by atoms with van der Waals surface area (Å²) >= 11 is 0. The van der Waals surface area contributed by atoms with Crippen LogP contribution in [0.3, 0.4) is 0 Å². The molecule has 3 aliphatic carbocycles. The normalized spacial score (nSPS) is 35.0. The summed E-state index contributed by atoms with van der Waals surface area (Å²) in [5.74, 6) is -5.80. The van der Waals surface area contributed by atoms with Crippen LogP contribution in [0.2, 0.25) is 0 Å². The lowest BCUT2D eigenvalue weighted by Crippen LogP contribution is -2.81. The van der Waals surface area contributed by atoms with Gasteiger partial charge in [-0.3, -0.25) is 14.4 Å². The minimum absolute atomic E-state index is 0.0452. The smallest absolute Gasteiger partial charge is 0.338 e. The molecule has 5 N–H and O–H groups in total. The summed E-state index contributed by atoms with van der Waals surface area (Å²) in [5, 5.41) is 51.1. The predicted octanol–water partition coefficient (Wildman–Crippen LogP) is 1.87. The fourth-order valence-electron chi connectivity index (χ4n) is 9.34. The van der Waals surface area contributed by atoms with E-state index in [4.69, 9.17) is 18.9 Å². The van der Waals surface area contributed by atoms with E-state index in [0.717, 1.165) is 6.92 Å². The second-order valence-electron chi connectivity index (χ2n) is 15.6. The molecule has 4 aliphatic rings. The lowest BCUT2D eigenvalue weighted by Gasteiger charge is -2.67. The second kappa shape index (κ2) is 14.0. The zero-order valence-electron chi connectivity index (χ0n) is 31.0. The number of amides is 1. The summed E-state index contributed by atoms with van der Waals surface area (Å²) in [5.41, 5.74) is -7.01. The number of Topliss-reactive ketones (excluding diaryl/α,β-unsaturated/α-hetero) is 1. The van der Waals surface area contributed by atoms with Gasteiger partial charge in [-0.25, -0.2) is 9.59 Å². The number of ether oxygens (including phenoxy) is 4. The minimum atomic E-state index is -2.32. The number of nitrogens with one attached hydrogen (secondary N) is 1. The molecule has 290 valence electrons. The van der Waals surface area contributed by atoms with Crippen LogP contribution < -0.4 is 5.32 Å². The molecule has 2 unspecified atom stereocenters. The van der Waals surface area contributed by atoms with Crippen molar-refractivity contribution < 1.29 is 63.3 Å². The van der Waals surface area contributed by atoms with E-state index in [-0.39, 0.29) is 29.7 Å². The molecule has 1 aliphatic heterocycles. The number of hydrogen-bond donors (Lipinski definition) is 5. The highest BCUT2D eigenvalue weighted by atomic mass is 16.6. The highest BCUT2D eigenvalue weighted by molar-refractivity contribution is 5.94. The molecule has 2 bridgehead atoms. The maximum Gasteiger partial charge on any atom is 0.338 e. The largest absolute Gasteiger partial charge is 0.456 e. The van der Waals surface area contributed by atoms with Crippen LogP contribution in [0.15, 0.2) is 71.8 Å². The van der Waals surface area contributed by atoms with Crippen LogP contribution in [0.1, 0.15) is 76.3 Å². The summed E-state index contributed by atoms with van der Waals surface area (Å²) in [4.78, 5) is 67.6. The van der Waals surface area contributed by atoms with E-state index >= 15 is 0 Å². The van der Waals surface area contributed by atoms with E-state index in [1.807, 2.05) is 0 Å². The lowest BCUT2D eigenvalue weighted by molar-refractivity contribution is -0.346. The molecule has 1 heterocycles. The van der Waals surface area contributed by atoms with Crippen molar-refractivity contribution >= 4 is 29.6 Å². The van der Waals surface area contributed by atoms with Gasteiger partial charge in [0.25, 0.3) is 0 Å². The Hall–Kier alpha value is -4.47. The number of hydrogen-bond acceptors (Lipinski definition) is 13. The van der Waals surface area contributed by atoms with Crippen LogP contribution in [0.4, 0.5) is 0 Å². The maximum atomic E-state index is 14.9. The average Bonchev–Trinajstić information content (AvgIpc) is 3.12. The van der Waals surface area contributed by atoms with Gasteiger partial charge in [0.15, 0.2) is 17.5 Å². The van der Waals surface area contributed by atoms with Crippen molar-refractivity contribution in [2.45, 2.75) is 108 Å². The topological polar surface area (TPSA) is 215 Å². The summed E-state index contributed by atoms with van der Waals surface area (Å²) in [6.45, 7) is 8.11. The fourth-order valence-corrected chi connectivity index (χ4v) is 9.34. The van der Waals surface area contributed by atoms with Gasteiger partial charge in [-0.05, 0) is 42.7 Å². The highest BCUT2D eigenvalue weighted by Crippen LogP contribution is 2.64. The van der Waals surface area contributed by atoms with Gasteiger partial charge < -0.3 is 44.7 Å². The van der Waals surface area contributed by atoms with Crippen molar-refractivity contribution in [1.82, 2.24) is 5.32 Å². The molecule has 2 aromatic carbocycles. The molecule has 0 aromatic heterocycles. The Morgan fingerprint density at radius 3 is 2.11 bits per heavy atom. The molecular weight excluding hydrogens is 702 g/mol. The van der Waals surface area contributed by atoms with Gasteiger partial charge in [0, 0.05) is 32.1 Å². The van der Waals surface area contributed by atoms with Gasteiger partial charge in [0.1, 0.15) is 30.0 Å². The molecule has 14 heteroatoms. The number of aliphatic hydroxyl groups excluding tert-OH is 3. The van der Waals surface area contributed by atoms with Crippen LogP contribution in [-0.2, 0) is 38.1 Å². The van der Waals surface area contributed by atoms with Crippen LogP contribution in [0, 0.1) is 16.7 Å². The van der Waals surface area contributed by atoms with Crippen molar-refractivity contribution in [3.05, 3.63) is 82.9 Å². The second-order valence-corrected chi connectivity index (χ2v) is 15.6. The molecule has 2 aromatic rings. The standard InChI is InChI=1S/C40H47NO13/c1-20-25(52-36(49)31(46)29(41-21(2)42)23-13-9-7-10-14-23)18-40(50)34(53-35(48)24-15-11-8-12-16-24)32-38(6,33(47)30(45)28(20)37(40,4)5)26(44)17-27-39(32,19-51-27)54-22(3)43/h7-16,25-27,29-32,34,44-46,50H,17-19H2,1-6H3,(H,41,42)/t25-,26-,27?,29-,30+,31+,32?,34-,38+,39-,40+/m0/s1. The van der Waals surface area contributed by atoms with Gasteiger partial charge in [0.2, 0.25) is 5.91 Å². The molecule has 1 saturated heterocycles. The Morgan fingerprint density at radius 1 is 0.944 bits per heavy atom. The predicted molar refractivity (Wildman–Crippen MR) is 188 cm³/mol. The Bertz CT molecular complexity index is 1860. The first kappa shape index (κ1) is 39.2. The first-order chi connectivity index (χ1) is 25.3. The minimum Gasteiger partial charge on any atom is -0.456 e. The molecule has 3 fully saturated rings. The third kappa shape index (κ3) is 6.04. The summed E-state index contributed by atoms with van der Waals surface area (Å²) in [6.07, 6.45) is -10.3. The Labute approximate surface area is 312 Å². The molecule has 11 atom stereocenters. The monoisotopic (exact) mass is 749 g/mol. The number of esters is 3. The summed E-state index contributed by atoms with van der Waals surface area (Å²) < 4.78 is 24.0. The number of aliphatic hydroxyl groups is 4. The van der Waals surface area contributed by atoms with Crippen LogP contribution in [0.25, 0.3) is 0 Å². The van der Waals surface area contributed by atoms with E-state index in [1.165, 1.54) is 32.9 Å². The number of carbonyl (C=O) groups is 5. The number of rotatable bonds is 8. The Balaban J connectivity index is 1.52. The third-order valence-corrected chi connectivity index (χ3v) is 12.3. The van der Waals surface area contributed by atoms with Gasteiger partial charge in [-0.2, -0.15) is 0 Å². The Morgan fingerprint density at radius 2 is 1.56 bits per heavy atom. The van der Waals surface area contributed by atoms with Crippen molar-refractivity contribution in [2.75, 3.05) is 6.61 Å². The molecular formula is C40H47NO13. The zero-order valence-corrected chi connectivity index (χ0v) is 31.0.